The first kappa shape index (κ1) is 19.7. The first-order valence-electron chi connectivity index (χ1n) is 10.2. The molecule has 0 atom stereocenters. The van der Waals surface area contributed by atoms with Crippen LogP contribution >= 0.6 is 11.3 Å². The lowest BCUT2D eigenvalue weighted by molar-refractivity contribution is 0.112. The molecule has 1 heterocycles. The highest BCUT2D eigenvalue weighted by Crippen LogP contribution is 2.34. The average Bonchev–Trinajstić information content (AvgIpc) is 3.28. The molecule has 0 aliphatic heterocycles. The van der Waals surface area contributed by atoms with Crippen LogP contribution < -0.4 is 4.90 Å². The van der Waals surface area contributed by atoms with Crippen LogP contribution in [0.25, 0.3) is 10.2 Å². The number of aromatic nitrogens is 1. The smallest absolute Gasteiger partial charge is 0.178 e. The van der Waals surface area contributed by atoms with Crippen molar-refractivity contribution in [1.29, 1.82) is 0 Å². The number of anilines is 3. The summed E-state index contributed by atoms with van der Waals surface area (Å²) in [7, 11) is 0. The summed E-state index contributed by atoms with van der Waals surface area (Å²) in [6.07, 6.45) is 0.783. The number of thiazole rings is 1. The van der Waals surface area contributed by atoms with Gasteiger partial charge in [0.1, 0.15) is 0 Å². The minimum Gasteiger partial charge on any atom is -0.311 e. The van der Waals surface area contributed by atoms with Gasteiger partial charge in [0.15, 0.2) is 11.3 Å². The Labute approximate surface area is 190 Å². The van der Waals surface area contributed by atoms with E-state index >= 15 is 0 Å². The maximum atomic E-state index is 10.9. The minimum atomic E-state index is 0.488. The molecule has 0 N–H and O–H groups in total. The second-order valence-electron chi connectivity index (χ2n) is 7.16. The predicted molar refractivity (Wildman–Crippen MR) is 132 cm³/mol. The van der Waals surface area contributed by atoms with Crippen molar-refractivity contribution in [2.75, 3.05) is 4.90 Å². The Bertz CT molecular complexity index is 1390. The van der Waals surface area contributed by atoms with Crippen LogP contribution in [0, 0.1) is 11.8 Å². The molecular formula is C28H18N2OS. The summed E-state index contributed by atoms with van der Waals surface area (Å²) >= 11 is 1.38. The van der Waals surface area contributed by atoms with Crippen LogP contribution in [0.5, 0.6) is 0 Å². The fourth-order valence-corrected chi connectivity index (χ4v) is 4.33. The molecule has 0 unspecified atom stereocenters. The highest BCUT2D eigenvalue weighted by molar-refractivity contribution is 7.20. The SMILES string of the molecule is O=Cc1nc2ccc(C#Cc3ccc(N(c4ccccc4)c4ccccc4)cc3)cc2s1. The number of carbonyl (C=O) groups is 1. The lowest BCUT2D eigenvalue weighted by Gasteiger charge is -2.25. The van der Waals surface area contributed by atoms with Crippen molar-refractivity contribution < 1.29 is 4.79 Å². The van der Waals surface area contributed by atoms with E-state index in [2.05, 4.69) is 58.1 Å². The van der Waals surface area contributed by atoms with Crippen LogP contribution in [0.1, 0.15) is 20.9 Å². The number of benzene rings is 4. The van der Waals surface area contributed by atoms with Gasteiger partial charge in [-0.2, -0.15) is 0 Å². The van der Waals surface area contributed by atoms with E-state index in [1.807, 2.05) is 66.7 Å². The third-order valence-corrected chi connectivity index (χ3v) is 5.95. The number of aldehydes is 1. The van der Waals surface area contributed by atoms with E-state index in [1.54, 1.807) is 0 Å². The van der Waals surface area contributed by atoms with Gasteiger partial charge in [0.2, 0.25) is 0 Å². The fraction of sp³-hybridized carbons (Fsp3) is 0. The summed E-state index contributed by atoms with van der Waals surface area (Å²) in [5, 5.41) is 0.488. The van der Waals surface area contributed by atoms with Gasteiger partial charge in [-0.3, -0.25) is 4.79 Å². The number of rotatable bonds is 4. The zero-order valence-electron chi connectivity index (χ0n) is 17.1. The molecule has 4 heteroatoms. The normalized spacial score (nSPS) is 10.4. The van der Waals surface area contributed by atoms with Gasteiger partial charge in [-0.15, -0.1) is 11.3 Å². The highest BCUT2D eigenvalue weighted by Gasteiger charge is 2.11. The van der Waals surface area contributed by atoms with E-state index in [-0.39, 0.29) is 0 Å². The minimum absolute atomic E-state index is 0.488. The van der Waals surface area contributed by atoms with Crippen LogP contribution in [-0.2, 0) is 0 Å². The topological polar surface area (TPSA) is 33.2 Å². The molecule has 32 heavy (non-hydrogen) atoms. The van der Waals surface area contributed by atoms with Gasteiger partial charge in [-0.05, 0) is 66.7 Å². The quantitative estimate of drug-likeness (QED) is 0.228. The number of carbonyl (C=O) groups excluding carboxylic acids is 1. The molecule has 0 bridgehead atoms. The standard InChI is InChI=1S/C28H18N2OS/c31-20-28-29-26-18-15-22(19-27(26)32-28)12-11-21-13-16-25(17-14-21)30(23-7-3-1-4-8-23)24-9-5-2-6-10-24/h1-10,13-20H. The summed E-state index contributed by atoms with van der Waals surface area (Å²) in [5.41, 5.74) is 5.94. The third-order valence-electron chi connectivity index (χ3n) is 5.01. The second kappa shape index (κ2) is 8.89. The van der Waals surface area contributed by atoms with E-state index in [9.17, 15) is 4.79 Å². The van der Waals surface area contributed by atoms with Crippen molar-refractivity contribution in [3.05, 3.63) is 119 Å². The Balaban J connectivity index is 1.44. The highest BCUT2D eigenvalue weighted by atomic mass is 32.1. The van der Waals surface area contributed by atoms with E-state index in [4.69, 9.17) is 0 Å². The lowest BCUT2D eigenvalue weighted by Crippen LogP contribution is -2.09. The van der Waals surface area contributed by atoms with E-state index in [0.717, 1.165) is 44.7 Å². The number of nitrogens with zero attached hydrogens (tertiary/aromatic N) is 2. The van der Waals surface area contributed by atoms with Crippen LogP contribution in [0.4, 0.5) is 17.1 Å². The molecule has 5 rings (SSSR count). The summed E-state index contributed by atoms with van der Waals surface area (Å²) in [6, 6.07) is 34.7. The van der Waals surface area contributed by atoms with Crippen LogP contribution in [0.2, 0.25) is 0 Å². The van der Waals surface area contributed by atoms with Crippen molar-refractivity contribution in [2.45, 2.75) is 0 Å². The van der Waals surface area contributed by atoms with Gasteiger partial charge in [0.05, 0.1) is 10.2 Å². The third kappa shape index (κ3) is 4.15. The van der Waals surface area contributed by atoms with Crippen molar-refractivity contribution in [1.82, 2.24) is 4.98 Å². The fourth-order valence-electron chi connectivity index (χ4n) is 3.51. The van der Waals surface area contributed by atoms with Crippen molar-refractivity contribution in [3.63, 3.8) is 0 Å². The Morgan fingerprint density at radius 1 is 0.688 bits per heavy atom. The largest absolute Gasteiger partial charge is 0.311 e. The molecule has 5 aromatic rings. The summed E-state index contributed by atoms with van der Waals surface area (Å²) in [6.45, 7) is 0. The van der Waals surface area contributed by atoms with Crippen LogP contribution in [0.15, 0.2) is 103 Å². The number of hydrogen-bond donors (Lipinski definition) is 0. The van der Waals surface area contributed by atoms with Crippen LogP contribution in [0.3, 0.4) is 0 Å². The number of para-hydroxylation sites is 2. The molecule has 0 radical (unpaired) electrons. The van der Waals surface area contributed by atoms with E-state index in [0.29, 0.717) is 5.01 Å². The second-order valence-corrected chi connectivity index (χ2v) is 8.22. The Hall–Kier alpha value is -4.20. The molecule has 0 aliphatic rings. The summed E-state index contributed by atoms with van der Waals surface area (Å²) < 4.78 is 0.968. The molecule has 4 aromatic carbocycles. The van der Waals surface area contributed by atoms with Crippen molar-refractivity contribution in [3.8, 4) is 11.8 Å². The van der Waals surface area contributed by atoms with E-state index < -0.39 is 0 Å². The Kier molecular flexibility index (Phi) is 5.48. The first-order valence-corrected chi connectivity index (χ1v) is 11.0. The van der Waals surface area contributed by atoms with Gasteiger partial charge in [-0.1, -0.05) is 48.2 Å². The molecule has 152 valence electrons. The zero-order valence-corrected chi connectivity index (χ0v) is 17.9. The first-order chi connectivity index (χ1) is 15.8. The molecule has 0 amide bonds. The number of hydrogen-bond acceptors (Lipinski definition) is 4. The summed E-state index contributed by atoms with van der Waals surface area (Å²) in [4.78, 5) is 17.4. The van der Waals surface area contributed by atoms with E-state index in [1.165, 1.54) is 11.3 Å². The molecule has 3 nitrogen and oxygen atoms in total. The molecule has 0 aliphatic carbocycles. The Morgan fingerprint density at radius 3 is 1.88 bits per heavy atom. The average molecular weight is 431 g/mol. The van der Waals surface area contributed by atoms with Crippen molar-refractivity contribution in [2.24, 2.45) is 0 Å². The molecule has 0 spiro atoms. The van der Waals surface area contributed by atoms with Gasteiger partial charge in [0.25, 0.3) is 0 Å². The van der Waals surface area contributed by atoms with Gasteiger partial charge >= 0.3 is 0 Å². The Morgan fingerprint density at radius 2 is 1.25 bits per heavy atom. The van der Waals surface area contributed by atoms with Crippen LogP contribution in [-0.4, -0.2) is 11.3 Å². The van der Waals surface area contributed by atoms with Gasteiger partial charge in [0, 0.05) is 28.2 Å². The maximum absolute atomic E-state index is 10.9. The monoisotopic (exact) mass is 430 g/mol. The van der Waals surface area contributed by atoms with Gasteiger partial charge in [-0.25, -0.2) is 4.98 Å². The predicted octanol–water partition coefficient (Wildman–Crippen LogP) is 6.98. The van der Waals surface area contributed by atoms with Gasteiger partial charge < -0.3 is 4.90 Å². The zero-order chi connectivity index (χ0) is 21.8. The molecule has 0 saturated carbocycles. The number of fused-ring (bicyclic) bond motifs is 1. The molecule has 0 fully saturated rings. The molecular weight excluding hydrogens is 412 g/mol. The van der Waals surface area contributed by atoms with Crippen molar-refractivity contribution >= 4 is 44.9 Å². The maximum Gasteiger partial charge on any atom is 0.178 e. The molecule has 1 aromatic heterocycles. The lowest BCUT2D eigenvalue weighted by atomic mass is 10.1. The molecule has 0 saturated heterocycles. The summed E-state index contributed by atoms with van der Waals surface area (Å²) in [5.74, 6) is 6.46.